The molecule has 1 aliphatic heterocycles. The summed E-state index contributed by atoms with van der Waals surface area (Å²) in [5, 5.41) is 3.31. The van der Waals surface area contributed by atoms with E-state index in [-0.39, 0.29) is 6.09 Å². The fraction of sp³-hybridized carbons (Fsp3) is 0.562. The van der Waals surface area contributed by atoms with Gasteiger partial charge in [0, 0.05) is 25.7 Å². The molecular weight excluding hydrogens is 268 g/mol. The fourth-order valence-electron chi connectivity index (χ4n) is 2.32. The first-order valence-corrected chi connectivity index (χ1v) is 7.49. The second kappa shape index (κ2) is 7.31. The van der Waals surface area contributed by atoms with Crippen LogP contribution < -0.4 is 10.1 Å². The third kappa shape index (κ3) is 4.36. The molecule has 0 radical (unpaired) electrons. The van der Waals surface area contributed by atoms with Crippen LogP contribution in [0.5, 0.6) is 5.75 Å². The Bertz CT molecular complexity index is 488. The summed E-state index contributed by atoms with van der Waals surface area (Å²) in [6.07, 6.45) is -0.252. The minimum atomic E-state index is -0.252. The SMILES string of the molecule is CCOC(=O)N1Cc2ccc(OCCNC(C)C)cc2C1. The molecule has 1 aromatic rings. The van der Waals surface area contributed by atoms with Gasteiger partial charge in [-0.3, -0.25) is 4.90 Å². The zero-order chi connectivity index (χ0) is 15.2. The van der Waals surface area contributed by atoms with Gasteiger partial charge in [-0.05, 0) is 30.2 Å². The van der Waals surface area contributed by atoms with Crippen LogP contribution in [0.1, 0.15) is 31.9 Å². The Balaban J connectivity index is 1.87. The van der Waals surface area contributed by atoms with Crippen molar-refractivity contribution in [2.75, 3.05) is 19.8 Å². The molecule has 0 fully saturated rings. The average Bonchev–Trinajstić information content (AvgIpc) is 2.87. The average molecular weight is 292 g/mol. The zero-order valence-electron chi connectivity index (χ0n) is 13.0. The van der Waals surface area contributed by atoms with Crippen LogP contribution in [0, 0.1) is 0 Å². The summed E-state index contributed by atoms with van der Waals surface area (Å²) in [5.41, 5.74) is 2.30. The molecule has 116 valence electrons. The monoisotopic (exact) mass is 292 g/mol. The van der Waals surface area contributed by atoms with Crippen molar-refractivity contribution in [3.8, 4) is 5.75 Å². The molecule has 0 aliphatic carbocycles. The number of ether oxygens (including phenoxy) is 2. The summed E-state index contributed by atoms with van der Waals surface area (Å²) in [6, 6.07) is 6.47. The van der Waals surface area contributed by atoms with Gasteiger partial charge in [-0.15, -0.1) is 0 Å². The van der Waals surface area contributed by atoms with Crippen LogP contribution >= 0.6 is 0 Å². The lowest BCUT2D eigenvalue weighted by Gasteiger charge is -2.13. The van der Waals surface area contributed by atoms with Crippen molar-refractivity contribution in [2.24, 2.45) is 0 Å². The number of nitrogens with one attached hydrogen (secondary N) is 1. The molecule has 0 saturated heterocycles. The Morgan fingerprint density at radius 2 is 2.10 bits per heavy atom. The molecule has 0 spiro atoms. The highest BCUT2D eigenvalue weighted by molar-refractivity contribution is 5.69. The van der Waals surface area contributed by atoms with Crippen LogP contribution in [0.4, 0.5) is 4.79 Å². The smallest absolute Gasteiger partial charge is 0.410 e. The van der Waals surface area contributed by atoms with Gasteiger partial charge in [0.25, 0.3) is 0 Å². The van der Waals surface area contributed by atoms with Gasteiger partial charge in [0.15, 0.2) is 0 Å². The number of rotatable bonds is 6. The number of nitrogens with zero attached hydrogens (tertiary/aromatic N) is 1. The molecule has 1 heterocycles. The second-order valence-corrected chi connectivity index (χ2v) is 5.44. The zero-order valence-corrected chi connectivity index (χ0v) is 13.0. The number of hydrogen-bond acceptors (Lipinski definition) is 4. The molecule has 5 heteroatoms. The number of amides is 1. The lowest BCUT2D eigenvalue weighted by Crippen LogP contribution is -2.27. The standard InChI is InChI=1S/C16H24N2O3/c1-4-20-16(19)18-10-13-5-6-15(9-14(13)11-18)21-8-7-17-12(2)3/h5-6,9,12,17H,4,7-8,10-11H2,1-3H3. The van der Waals surface area contributed by atoms with Crippen molar-refractivity contribution in [3.05, 3.63) is 29.3 Å². The van der Waals surface area contributed by atoms with Crippen molar-refractivity contribution in [2.45, 2.75) is 39.9 Å². The Hall–Kier alpha value is -1.75. The molecule has 0 saturated carbocycles. The van der Waals surface area contributed by atoms with Crippen LogP contribution in [0.2, 0.25) is 0 Å². The second-order valence-electron chi connectivity index (χ2n) is 5.44. The molecule has 0 bridgehead atoms. The molecule has 1 aliphatic rings. The van der Waals surface area contributed by atoms with E-state index in [0.717, 1.165) is 23.4 Å². The highest BCUT2D eigenvalue weighted by Crippen LogP contribution is 2.27. The van der Waals surface area contributed by atoms with Gasteiger partial charge in [0.05, 0.1) is 6.61 Å². The van der Waals surface area contributed by atoms with E-state index in [1.807, 2.05) is 25.1 Å². The van der Waals surface area contributed by atoms with Gasteiger partial charge in [0.1, 0.15) is 12.4 Å². The number of carbonyl (C=O) groups is 1. The molecule has 2 rings (SSSR count). The van der Waals surface area contributed by atoms with E-state index in [9.17, 15) is 4.79 Å². The highest BCUT2D eigenvalue weighted by Gasteiger charge is 2.24. The van der Waals surface area contributed by atoms with E-state index in [1.165, 1.54) is 0 Å². The van der Waals surface area contributed by atoms with Crippen LogP contribution in [0.15, 0.2) is 18.2 Å². The molecule has 0 atom stereocenters. The maximum atomic E-state index is 11.7. The number of carbonyl (C=O) groups excluding carboxylic acids is 1. The molecule has 0 unspecified atom stereocenters. The van der Waals surface area contributed by atoms with E-state index in [1.54, 1.807) is 4.90 Å². The number of fused-ring (bicyclic) bond motifs is 1. The molecule has 5 nitrogen and oxygen atoms in total. The fourth-order valence-corrected chi connectivity index (χ4v) is 2.32. The van der Waals surface area contributed by atoms with Gasteiger partial charge in [-0.1, -0.05) is 19.9 Å². The first-order chi connectivity index (χ1) is 10.1. The van der Waals surface area contributed by atoms with E-state index in [2.05, 4.69) is 19.2 Å². The van der Waals surface area contributed by atoms with E-state index in [4.69, 9.17) is 9.47 Å². The first kappa shape index (κ1) is 15.6. The molecule has 21 heavy (non-hydrogen) atoms. The maximum absolute atomic E-state index is 11.7. The maximum Gasteiger partial charge on any atom is 0.410 e. The van der Waals surface area contributed by atoms with E-state index >= 15 is 0 Å². The molecular formula is C16H24N2O3. The number of hydrogen-bond donors (Lipinski definition) is 1. The summed E-state index contributed by atoms with van der Waals surface area (Å²) in [4.78, 5) is 13.4. The van der Waals surface area contributed by atoms with Gasteiger partial charge >= 0.3 is 6.09 Å². The molecule has 1 N–H and O–H groups in total. The van der Waals surface area contributed by atoms with Gasteiger partial charge in [-0.2, -0.15) is 0 Å². The summed E-state index contributed by atoms with van der Waals surface area (Å²) in [7, 11) is 0. The Kier molecular flexibility index (Phi) is 5.44. The van der Waals surface area contributed by atoms with Crippen LogP contribution in [-0.4, -0.2) is 36.8 Å². The van der Waals surface area contributed by atoms with E-state index in [0.29, 0.717) is 32.3 Å². The lowest BCUT2D eigenvalue weighted by molar-refractivity contribution is 0.106. The van der Waals surface area contributed by atoms with Crippen LogP contribution in [0.25, 0.3) is 0 Å². The largest absolute Gasteiger partial charge is 0.492 e. The van der Waals surface area contributed by atoms with Gasteiger partial charge in [-0.25, -0.2) is 4.79 Å². The minimum absolute atomic E-state index is 0.252. The Morgan fingerprint density at radius 1 is 1.33 bits per heavy atom. The Morgan fingerprint density at radius 3 is 2.81 bits per heavy atom. The van der Waals surface area contributed by atoms with Crippen molar-refractivity contribution in [1.82, 2.24) is 10.2 Å². The summed E-state index contributed by atoms with van der Waals surface area (Å²) >= 11 is 0. The van der Waals surface area contributed by atoms with Gasteiger partial charge in [0.2, 0.25) is 0 Å². The molecule has 0 aromatic heterocycles. The predicted octanol–water partition coefficient (Wildman–Crippen LogP) is 2.54. The third-order valence-electron chi connectivity index (χ3n) is 3.35. The van der Waals surface area contributed by atoms with Crippen LogP contribution in [0.3, 0.4) is 0 Å². The summed E-state index contributed by atoms with van der Waals surface area (Å²) in [5.74, 6) is 0.852. The predicted molar refractivity (Wildman–Crippen MR) is 81.3 cm³/mol. The van der Waals surface area contributed by atoms with Crippen LogP contribution in [-0.2, 0) is 17.8 Å². The highest BCUT2D eigenvalue weighted by atomic mass is 16.6. The molecule has 1 amide bonds. The quantitative estimate of drug-likeness (QED) is 0.819. The van der Waals surface area contributed by atoms with Crippen molar-refractivity contribution in [3.63, 3.8) is 0 Å². The lowest BCUT2D eigenvalue weighted by atomic mass is 10.1. The summed E-state index contributed by atoms with van der Waals surface area (Å²) < 4.78 is 10.8. The van der Waals surface area contributed by atoms with E-state index < -0.39 is 0 Å². The van der Waals surface area contributed by atoms with Crippen molar-refractivity contribution >= 4 is 6.09 Å². The first-order valence-electron chi connectivity index (χ1n) is 7.49. The Labute approximate surface area is 126 Å². The normalized spacial score (nSPS) is 13.4. The summed E-state index contributed by atoms with van der Waals surface area (Å²) in [6.45, 7) is 9.11. The minimum Gasteiger partial charge on any atom is -0.492 e. The van der Waals surface area contributed by atoms with Crippen molar-refractivity contribution < 1.29 is 14.3 Å². The topological polar surface area (TPSA) is 50.8 Å². The molecule has 1 aromatic carbocycles. The third-order valence-corrected chi connectivity index (χ3v) is 3.35. The van der Waals surface area contributed by atoms with Crippen molar-refractivity contribution in [1.29, 1.82) is 0 Å². The van der Waals surface area contributed by atoms with Gasteiger partial charge < -0.3 is 14.8 Å². The number of benzene rings is 1.